The van der Waals surface area contributed by atoms with Gasteiger partial charge in [-0.15, -0.1) is 0 Å². The number of rotatable bonds is 11. The summed E-state index contributed by atoms with van der Waals surface area (Å²) >= 11 is 0. The van der Waals surface area contributed by atoms with Gasteiger partial charge < -0.3 is 29.6 Å². The zero-order valence-corrected chi connectivity index (χ0v) is 36.9. The highest BCUT2D eigenvalue weighted by atomic mass is 16.6. The molecule has 4 heterocycles. The molecule has 0 saturated carbocycles. The van der Waals surface area contributed by atoms with Crippen molar-refractivity contribution in [3.63, 3.8) is 0 Å². The Hall–Kier alpha value is -2.28. The molecule has 6 atom stereocenters. The molecule has 2 N–H and O–H groups in total. The van der Waals surface area contributed by atoms with Gasteiger partial charge in [0.05, 0.1) is 23.7 Å². The van der Waals surface area contributed by atoms with E-state index in [0.29, 0.717) is 25.7 Å². The maximum absolute atomic E-state index is 14.2. The molecule has 4 aliphatic heterocycles. The lowest BCUT2D eigenvalue weighted by atomic mass is 9.87. The Labute approximate surface area is 325 Å². The number of hydrogen-bond donors (Lipinski definition) is 2. The van der Waals surface area contributed by atoms with Crippen LogP contribution in [0.15, 0.2) is 0 Å². The third kappa shape index (κ3) is 8.81. The fourth-order valence-electron chi connectivity index (χ4n) is 10.3. The summed E-state index contributed by atoms with van der Waals surface area (Å²) in [5.74, 6) is -3.84. The van der Waals surface area contributed by atoms with Crippen LogP contribution in [0, 0.1) is 23.7 Å². The molecular formula is C42H74N4O8. The predicted octanol–water partition coefficient (Wildman–Crippen LogP) is 5.25. The van der Waals surface area contributed by atoms with Crippen molar-refractivity contribution in [2.45, 2.75) is 193 Å². The van der Waals surface area contributed by atoms with Crippen molar-refractivity contribution in [2.75, 3.05) is 27.3 Å². The minimum absolute atomic E-state index is 0.244. The molecule has 4 fully saturated rings. The zero-order valence-electron chi connectivity index (χ0n) is 36.9. The van der Waals surface area contributed by atoms with Crippen LogP contribution in [-0.4, -0.2) is 118 Å². The maximum atomic E-state index is 14.2. The predicted molar refractivity (Wildman–Crippen MR) is 209 cm³/mol. The molecule has 0 radical (unpaired) electrons. The number of hydrogen-bond acceptors (Lipinski definition) is 12. The van der Waals surface area contributed by atoms with Gasteiger partial charge in [0.2, 0.25) is 0 Å². The Bertz CT molecular complexity index is 1360. The van der Waals surface area contributed by atoms with Crippen LogP contribution in [0.4, 0.5) is 0 Å². The first-order chi connectivity index (χ1) is 24.2. The number of esters is 4. The Kier molecular flexibility index (Phi) is 11.7. The number of carbonyl (C=O) groups is 4. The fraction of sp³-hybridized carbons (Fsp3) is 0.905. The van der Waals surface area contributed by atoms with E-state index in [1.54, 1.807) is 0 Å². The van der Waals surface area contributed by atoms with Crippen LogP contribution in [0.2, 0.25) is 0 Å². The maximum Gasteiger partial charge on any atom is 0.311 e. The van der Waals surface area contributed by atoms with Crippen LogP contribution in [0.3, 0.4) is 0 Å². The minimum atomic E-state index is -1.24. The van der Waals surface area contributed by atoms with E-state index in [9.17, 15) is 19.2 Å². The van der Waals surface area contributed by atoms with Crippen molar-refractivity contribution < 1.29 is 38.1 Å². The van der Waals surface area contributed by atoms with Gasteiger partial charge in [0, 0.05) is 44.3 Å². The third-order valence-corrected chi connectivity index (χ3v) is 14.0. The second-order valence-electron chi connectivity index (χ2n) is 21.7. The summed E-state index contributed by atoms with van der Waals surface area (Å²) in [6, 6.07) is 0. The highest BCUT2D eigenvalue weighted by Crippen LogP contribution is 2.46. The Morgan fingerprint density at radius 2 is 0.796 bits per heavy atom. The lowest BCUT2D eigenvalue weighted by Gasteiger charge is -2.38. The molecule has 0 aromatic heterocycles. The molecule has 4 aliphatic rings. The normalized spacial score (nSPS) is 32.4. The largest absolute Gasteiger partial charge is 0.461 e. The molecule has 4 rings (SSSR count). The van der Waals surface area contributed by atoms with Crippen molar-refractivity contribution >= 4 is 23.9 Å². The van der Waals surface area contributed by atoms with Crippen LogP contribution in [0.25, 0.3) is 0 Å². The van der Waals surface area contributed by atoms with Gasteiger partial charge in [0.1, 0.15) is 13.2 Å². The number of likely N-dealkylation sites (tertiary alicyclic amines) is 2. The third-order valence-electron chi connectivity index (χ3n) is 14.0. The average molecular weight is 763 g/mol. The first-order valence-electron chi connectivity index (χ1n) is 20.0. The quantitative estimate of drug-likeness (QED) is 0.210. The second kappa shape index (κ2) is 14.3. The van der Waals surface area contributed by atoms with Crippen molar-refractivity contribution in [1.29, 1.82) is 0 Å². The number of ether oxygens (including phenoxy) is 4. The highest BCUT2D eigenvalue weighted by molar-refractivity contribution is 5.78. The molecule has 0 aromatic carbocycles. The fourth-order valence-corrected chi connectivity index (χ4v) is 10.3. The van der Waals surface area contributed by atoms with Gasteiger partial charge in [-0.1, -0.05) is 0 Å². The first-order valence-corrected chi connectivity index (χ1v) is 20.0. The van der Waals surface area contributed by atoms with E-state index in [2.05, 4.69) is 48.1 Å². The van der Waals surface area contributed by atoms with E-state index >= 15 is 0 Å². The van der Waals surface area contributed by atoms with E-state index in [1.165, 1.54) is 0 Å². The van der Waals surface area contributed by atoms with Crippen molar-refractivity contribution in [2.24, 2.45) is 23.7 Å². The summed E-state index contributed by atoms with van der Waals surface area (Å²) in [7, 11) is 4.01. The van der Waals surface area contributed by atoms with Crippen molar-refractivity contribution in [1.82, 2.24) is 20.4 Å². The molecule has 0 bridgehead atoms. The Morgan fingerprint density at radius 3 is 1.02 bits per heavy atom. The first kappa shape index (κ1) is 44.4. The summed E-state index contributed by atoms with van der Waals surface area (Å²) in [6.45, 7) is 31.7. The monoisotopic (exact) mass is 763 g/mol. The summed E-state index contributed by atoms with van der Waals surface area (Å²) in [4.78, 5) is 60.6. The number of nitrogens with one attached hydrogen (secondary N) is 2. The molecule has 0 aromatic rings. The van der Waals surface area contributed by atoms with Crippen LogP contribution < -0.4 is 10.6 Å². The van der Waals surface area contributed by atoms with Gasteiger partial charge >= 0.3 is 23.9 Å². The van der Waals surface area contributed by atoms with Gasteiger partial charge in [-0.3, -0.25) is 29.0 Å². The van der Waals surface area contributed by atoms with Gasteiger partial charge in [-0.2, -0.15) is 0 Å². The molecule has 310 valence electrons. The Morgan fingerprint density at radius 1 is 0.500 bits per heavy atom. The number of carbonyl (C=O) groups excluding carboxylic acids is 4. The molecule has 12 heteroatoms. The van der Waals surface area contributed by atoms with E-state index in [0.717, 1.165) is 0 Å². The summed E-state index contributed by atoms with van der Waals surface area (Å²) in [5.41, 5.74) is -3.33. The summed E-state index contributed by atoms with van der Waals surface area (Å²) in [6.07, 6.45) is -0.301. The van der Waals surface area contributed by atoms with Crippen LogP contribution in [0.1, 0.15) is 136 Å². The number of nitrogens with zero attached hydrogens (tertiary/aromatic N) is 2. The Balaban J connectivity index is 1.68. The lowest BCUT2D eigenvalue weighted by molar-refractivity contribution is -0.190. The zero-order chi connectivity index (χ0) is 41.4. The van der Waals surface area contributed by atoms with Crippen LogP contribution in [0.5, 0.6) is 0 Å². The van der Waals surface area contributed by atoms with Crippen molar-refractivity contribution in [3.8, 4) is 0 Å². The van der Waals surface area contributed by atoms with Crippen molar-refractivity contribution in [3.05, 3.63) is 0 Å². The molecule has 0 aliphatic carbocycles. The second-order valence-corrected chi connectivity index (χ2v) is 21.7. The molecule has 0 amide bonds. The van der Waals surface area contributed by atoms with E-state index in [-0.39, 0.29) is 35.4 Å². The SMILES string of the molecule is CN1C(C)(C)CC(C(=O)OCC(OC(=O)C2CC(C)(C)NC2(C)C)C(COC(=O)C2CC(C)(C)N(C)C2(C)C)OC(=O)C2CC(C)(C)NC2(C)C)C1(C)C. The van der Waals surface area contributed by atoms with Gasteiger partial charge in [0.15, 0.2) is 12.2 Å². The summed E-state index contributed by atoms with van der Waals surface area (Å²) in [5, 5.41) is 7.06. The van der Waals surface area contributed by atoms with Crippen LogP contribution in [-0.2, 0) is 38.1 Å². The van der Waals surface area contributed by atoms with Gasteiger partial charge in [0.25, 0.3) is 0 Å². The molecular weight excluding hydrogens is 688 g/mol. The van der Waals surface area contributed by atoms with Gasteiger partial charge in [-0.05, 0) is 151 Å². The molecule has 54 heavy (non-hydrogen) atoms. The van der Waals surface area contributed by atoms with E-state index in [1.807, 2.05) is 97.2 Å². The highest BCUT2D eigenvalue weighted by Gasteiger charge is 2.56. The standard InChI is InChI=1S/C42H74N4O8/c1-35(2)19-25(39(9,10)43-35)33(49)53-29(23-51-31(47)27-21-37(5,6)45(17)41(27,13)14)30(54-34(50)26-20-36(3,4)44-40(26,11)12)24-52-32(48)28-22-38(7,8)46(18)42(28,15)16/h25-30,43-44H,19-24H2,1-18H3. The van der Waals surface area contributed by atoms with Gasteiger partial charge in [-0.25, -0.2) is 0 Å². The van der Waals surface area contributed by atoms with E-state index < -0.39 is 81.9 Å². The minimum Gasteiger partial charge on any atom is -0.461 e. The average Bonchev–Trinajstić information content (AvgIpc) is 3.52. The molecule has 6 unspecified atom stereocenters. The van der Waals surface area contributed by atoms with Crippen LogP contribution >= 0.6 is 0 Å². The van der Waals surface area contributed by atoms with E-state index in [4.69, 9.17) is 18.9 Å². The molecule has 0 spiro atoms. The molecule has 4 saturated heterocycles. The smallest absolute Gasteiger partial charge is 0.311 e. The lowest BCUT2D eigenvalue weighted by Crippen LogP contribution is -2.51. The topological polar surface area (TPSA) is 136 Å². The molecule has 12 nitrogen and oxygen atoms in total. The summed E-state index contributed by atoms with van der Waals surface area (Å²) < 4.78 is 24.7.